The third-order valence-electron chi connectivity index (χ3n) is 8.18. The minimum Gasteiger partial charge on any atom is -0.480 e. The molecule has 234 valence electrons. The predicted molar refractivity (Wildman–Crippen MR) is 148 cm³/mol. The van der Waals surface area contributed by atoms with E-state index in [-0.39, 0.29) is 46.8 Å². The number of hydrogen-bond acceptors (Lipinski definition) is 9. The van der Waals surface area contributed by atoms with Crippen LogP contribution in [0, 0.1) is 0 Å². The zero-order valence-electron chi connectivity index (χ0n) is 23.6. The molecule has 1 amide bonds. The van der Waals surface area contributed by atoms with E-state index in [2.05, 4.69) is 25.1 Å². The van der Waals surface area contributed by atoms with Gasteiger partial charge < -0.3 is 34.1 Å². The molecule has 6 rings (SSSR count). The molecule has 2 aromatic heterocycles. The van der Waals surface area contributed by atoms with Gasteiger partial charge in [0.2, 0.25) is 0 Å². The fourth-order valence-corrected chi connectivity index (χ4v) is 5.78. The monoisotopic (exact) mass is 616 g/mol. The lowest BCUT2D eigenvalue weighted by molar-refractivity contribution is -0.274. The molecule has 1 atom stereocenters. The topological polar surface area (TPSA) is 136 Å². The third-order valence-corrected chi connectivity index (χ3v) is 8.18. The number of pyridine rings is 1. The number of aliphatic carboxylic acids is 1. The van der Waals surface area contributed by atoms with Crippen LogP contribution in [-0.2, 0) is 20.9 Å². The summed E-state index contributed by atoms with van der Waals surface area (Å²) in [5.41, 5.74) is 1.02. The highest BCUT2D eigenvalue weighted by Crippen LogP contribution is 2.46. The van der Waals surface area contributed by atoms with Gasteiger partial charge in [-0.25, -0.2) is 4.98 Å². The summed E-state index contributed by atoms with van der Waals surface area (Å²) in [6.45, 7) is 1.42. The average molecular weight is 617 g/mol. The normalized spacial score (nSPS) is 19.7. The van der Waals surface area contributed by atoms with Gasteiger partial charge in [0.05, 0.1) is 30.5 Å². The number of alkyl halides is 3. The molecule has 2 saturated heterocycles. The summed E-state index contributed by atoms with van der Waals surface area (Å²) in [4.78, 5) is 29.2. The molecule has 4 heterocycles. The number of carboxylic acid groups (broad SMARTS) is 1. The largest absolute Gasteiger partial charge is 0.573 e. The summed E-state index contributed by atoms with van der Waals surface area (Å²) < 4.78 is 61.7. The van der Waals surface area contributed by atoms with E-state index >= 15 is 0 Å². The molecule has 1 aromatic carbocycles. The zero-order chi connectivity index (χ0) is 30.9. The van der Waals surface area contributed by atoms with Crippen molar-refractivity contribution in [2.75, 3.05) is 31.1 Å². The Bertz CT molecular complexity index is 1500. The molecule has 14 heteroatoms. The van der Waals surface area contributed by atoms with E-state index in [1.54, 1.807) is 18.2 Å². The van der Waals surface area contributed by atoms with Crippen LogP contribution in [0.3, 0.4) is 0 Å². The number of carbonyl (C=O) groups excluding carboxylic acids is 1. The van der Waals surface area contributed by atoms with Gasteiger partial charge in [0.15, 0.2) is 0 Å². The number of benzene rings is 1. The van der Waals surface area contributed by atoms with Crippen molar-refractivity contribution in [3.8, 4) is 17.0 Å². The van der Waals surface area contributed by atoms with E-state index in [0.717, 1.165) is 25.7 Å². The second kappa shape index (κ2) is 12.1. The number of ether oxygens (including phenoxy) is 3. The number of para-hydroxylation sites is 1. The third kappa shape index (κ3) is 6.81. The summed E-state index contributed by atoms with van der Waals surface area (Å²) in [5, 5.41) is 15.2. The van der Waals surface area contributed by atoms with Crippen LogP contribution in [0.15, 0.2) is 47.1 Å². The SMILES string of the molecule is O=C(O)CNC(=O)c1ccc(N2CCC3(CC2)CC(OCc2c(-c4ccccc4OC(F)(F)F)noc2C2CC2)CO3)nc1. The van der Waals surface area contributed by atoms with Crippen molar-refractivity contribution in [2.24, 2.45) is 0 Å². The first-order chi connectivity index (χ1) is 21.1. The molecule has 1 unspecified atom stereocenters. The lowest BCUT2D eigenvalue weighted by Gasteiger charge is -2.39. The van der Waals surface area contributed by atoms with Crippen LogP contribution in [0.2, 0.25) is 0 Å². The van der Waals surface area contributed by atoms with Crippen molar-refractivity contribution in [1.82, 2.24) is 15.5 Å². The van der Waals surface area contributed by atoms with Gasteiger partial charge in [0.25, 0.3) is 5.91 Å². The quantitative estimate of drug-likeness (QED) is 0.331. The number of carboxylic acids is 1. The van der Waals surface area contributed by atoms with E-state index in [0.29, 0.717) is 43.3 Å². The van der Waals surface area contributed by atoms with Crippen molar-refractivity contribution in [3.63, 3.8) is 0 Å². The van der Waals surface area contributed by atoms with Crippen molar-refractivity contribution in [2.45, 2.75) is 62.7 Å². The van der Waals surface area contributed by atoms with Crippen LogP contribution in [0.1, 0.15) is 59.7 Å². The molecule has 3 aliphatic rings. The Morgan fingerprint density at radius 1 is 1.14 bits per heavy atom. The molecule has 3 fully saturated rings. The Hall–Kier alpha value is -4.17. The van der Waals surface area contributed by atoms with Gasteiger partial charge in [-0.15, -0.1) is 13.2 Å². The maximum atomic E-state index is 13.1. The van der Waals surface area contributed by atoms with Gasteiger partial charge in [0, 0.05) is 42.8 Å². The first kappa shape index (κ1) is 29.9. The Kier molecular flexibility index (Phi) is 8.20. The van der Waals surface area contributed by atoms with Crippen molar-refractivity contribution >= 4 is 17.7 Å². The maximum absolute atomic E-state index is 13.1. The number of piperidine rings is 1. The number of nitrogens with one attached hydrogen (secondary N) is 1. The Balaban J connectivity index is 1.07. The van der Waals surface area contributed by atoms with Crippen LogP contribution in [-0.4, -0.2) is 71.4 Å². The number of hydrogen-bond donors (Lipinski definition) is 2. The number of aromatic nitrogens is 2. The molecule has 2 N–H and O–H groups in total. The first-order valence-electron chi connectivity index (χ1n) is 14.4. The fraction of sp³-hybridized carbons (Fsp3) is 0.467. The summed E-state index contributed by atoms with van der Waals surface area (Å²) >= 11 is 0. The molecule has 44 heavy (non-hydrogen) atoms. The molecule has 1 aliphatic carbocycles. The lowest BCUT2D eigenvalue weighted by Crippen LogP contribution is -2.44. The molecule has 1 spiro atoms. The van der Waals surface area contributed by atoms with Crippen LogP contribution >= 0.6 is 0 Å². The first-order valence-corrected chi connectivity index (χ1v) is 14.4. The highest BCUT2D eigenvalue weighted by molar-refractivity contribution is 5.95. The van der Waals surface area contributed by atoms with Gasteiger partial charge >= 0.3 is 12.3 Å². The van der Waals surface area contributed by atoms with Crippen molar-refractivity contribution in [1.29, 1.82) is 0 Å². The molecular weight excluding hydrogens is 585 g/mol. The summed E-state index contributed by atoms with van der Waals surface area (Å²) in [7, 11) is 0. The van der Waals surface area contributed by atoms with Gasteiger partial charge in [0.1, 0.15) is 29.6 Å². The lowest BCUT2D eigenvalue weighted by atomic mass is 9.88. The molecule has 2 aliphatic heterocycles. The van der Waals surface area contributed by atoms with E-state index in [1.807, 2.05) is 0 Å². The maximum Gasteiger partial charge on any atom is 0.573 e. The summed E-state index contributed by atoms with van der Waals surface area (Å²) in [5.74, 6) is -0.459. The van der Waals surface area contributed by atoms with E-state index < -0.39 is 24.8 Å². The van der Waals surface area contributed by atoms with Gasteiger partial charge in [-0.05, 0) is 49.9 Å². The zero-order valence-corrected chi connectivity index (χ0v) is 23.6. The molecule has 0 radical (unpaired) electrons. The number of halogens is 3. The molecular formula is C30H31F3N4O7. The molecule has 0 bridgehead atoms. The van der Waals surface area contributed by atoms with Crippen molar-refractivity contribution in [3.05, 3.63) is 59.5 Å². The number of amides is 1. The van der Waals surface area contributed by atoms with E-state index in [9.17, 15) is 22.8 Å². The molecule has 3 aromatic rings. The van der Waals surface area contributed by atoms with Crippen LogP contribution in [0.25, 0.3) is 11.3 Å². The predicted octanol–water partition coefficient (Wildman–Crippen LogP) is 4.67. The van der Waals surface area contributed by atoms with Crippen LogP contribution in [0.5, 0.6) is 5.75 Å². The van der Waals surface area contributed by atoms with Gasteiger partial charge in [-0.3, -0.25) is 9.59 Å². The number of nitrogens with zero attached hydrogens (tertiary/aromatic N) is 3. The number of anilines is 1. The second-order valence-corrected chi connectivity index (χ2v) is 11.3. The van der Waals surface area contributed by atoms with Gasteiger partial charge in [-0.1, -0.05) is 17.3 Å². The Morgan fingerprint density at radius 3 is 2.59 bits per heavy atom. The second-order valence-electron chi connectivity index (χ2n) is 11.3. The van der Waals surface area contributed by atoms with E-state index in [4.69, 9.17) is 19.1 Å². The fourth-order valence-electron chi connectivity index (χ4n) is 5.78. The van der Waals surface area contributed by atoms with Crippen LogP contribution in [0.4, 0.5) is 19.0 Å². The molecule has 1 saturated carbocycles. The Morgan fingerprint density at radius 2 is 1.91 bits per heavy atom. The summed E-state index contributed by atoms with van der Waals surface area (Å²) in [6, 6.07) is 9.22. The number of carbonyl (C=O) groups is 2. The van der Waals surface area contributed by atoms with Crippen molar-refractivity contribution < 1.29 is 46.6 Å². The average Bonchev–Trinajstić information content (AvgIpc) is 3.64. The Labute approximate surface area is 250 Å². The standard InChI is InChI=1S/C30H31F3N4O7/c31-30(32,33)43-23-4-2-1-3-21(23)26-22(27(44-36-26)18-5-6-18)17-41-20-13-29(42-16-20)9-11-37(12-10-29)24-8-7-19(14-34-24)28(40)35-15-25(38)39/h1-4,7-8,14,18,20H,5-6,9-13,15-17H2,(H,35,40)(H,38,39). The highest BCUT2D eigenvalue weighted by atomic mass is 19.4. The van der Waals surface area contributed by atoms with Gasteiger partial charge in [-0.2, -0.15) is 0 Å². The summed E-state index contributed by atoms with van der Waals surface area (Å²) in [6.07, 6.45) is 0.361. The van der Waals surface area contributed by atoms with E-state index in [1.165, 1.54) is 24.4 Å². The minimum atomic E-state index is -4.85. The highest BCUT2D eigenvalue weighted by Gasteiger charge is 2.44. The number of rotatable bonds is 10. The van der Waals surface area contributed by atoms with Crippen LogP contribution < -0.4 is 15.0 Å². The molecule has 11 nitrogen and oxygen atoms in total. The smallest absolute Gasteiger partial charge is 0.480 e. The minimum absolute atomic E-state index is 0.123.